The number of hydrogen-bond donors (Lipinski definition) is 1. The lowest BCUT2D eigenvalue weighted by Gasteiger charge is -2.04. The molecule has 0 fully saturated rings. The van der Waals surface area contributed by atoms with Crippen LogP contribution in [0.3, 0.4) is 0 Å². The summed E-state index contributed by atoms with van der Waals surface area (Å²) in [5.74, 6) is 0.749. The number of carbonyl (C=O) groups is 1. The van der Waals surface area contributed by atoms with E-state index in [0.717, 1.165) is 31.4 Å². The van der Waals surface area contributed by atoms with E-state index in [1.165, 1.54) is 0 Å². The van der Waals surface area contributed by atoms with Crippen molar-refractivity contribution in [1.29, 1.82) is 0 Å². The van der Waals surface area contributed by atoms with Crippen LogP contribution in [0, 0.1) is 0 Å². The van der Waals surface area contributed by atoms with Gasteiger partial charge in [0.1, 0.15) is 12.1 Å². The highest BCUT2D eigenvalue weighted by atomic mass is 16.1. The van der Waals surface area contributed by atoms with E-state index in [1.54, 1.807) is 12.4 Å². The Kier molecular flexibility index (Phi) is 3.51. The van der Waals surface area contributed by atoms with Crippen LogP contribution in [0.2, 0.25) is 0 Å². The van der Waals surface area contributed by atoms with E-state index >= 15 is 0 Å². The minimum absolute atomic E-state index is 0.0417. The summed E-state index contributed by atoms with van der Waals surface area (Å²) in [7, 11) is 0. The predicted molar refractivity (Wildman–Crippen MR) is 46.9 cm³/mol. The van der Waals surface area contributed by atoms with Crippen LogP contribution in [0.15, 0.2) is 12.4 Å². The third-order valence-electron chi connectivity index (χ3n) is 1.90. The first-order chi connectivity index (χ1) is 5.88. The molecule has 3 nitrogen and oxygen atoms in total. The highest BCUT2D eigenvalue weighted by molar-refractivity contribution is 5.59. The molecule has 66 valence electrons. The quantitative estimate of drug-likeness (QED) is 0.679. The molecule has 3 heteroatoms. The number of unbranched alkanes of at least 4 members (excludes halogenated alkanes) is 1. The van der Waals surface area contributed by atoms with E-state index in [4.69, 9.17) is 0 Å². The Labute approximate surface area is 72.2 Å². The monoisotopic (exact) mass is 166 g/mol. The molecule has 0 spiro atoms. The molecule has 1 aromatic rings. The molecule has 0 saturated carbocycles. The first kappa shape index (κ1) is 8.97. The van der Waals surface area contributed by atoms with Gasteiger partial charge in [0, 0.05) is 12.4 Å². The molecular weight excluding hydrogens is 152 g/mol. The van der Waals surface area contributed by atoms with Crippen molar-refractivity contribution in [2.45, 2.75) is 32.1 Å². The van der Waals surface area contributed by atoms with Crippen molar-refractivity contribution in [1.82, 2.24) is 9.97 Å². The summed E-state index contributed by atoms with van der Waals surface area (Å²) in [6.07, 6.45) is 7.48. The molecule has 0 aliphatic heterocycles. The van der Waals surface area contributed by atoms with Crippen molar-refractivity contribution in [3.05, 3.63) is 18.2 Å². The van der Waals surface area contributed by atoms with Crippen molar-refractivity contribution in [3.63, 3.8) is 0 Å². The van der Waals surface area contributed by atoms with Gasteiger partial charge in [-0.05, 0) is 6.42 Å². The van der Waals surface area contributed by atoms with Gasteiger partial charge < -0.3 is 9.78 Å². The Balaban J connectivity index is 2.51. The Morgan fingerprint density at radius 2 is 2.58 bits per heavy atom. The fourth-order valence-electron chi connectivity index (χ4n) is 1.17. The summed E-state index contributed by atoms with van der Waals surface area (Å²) >= 11 is 0. The number of aldehydes is 1. The summed E-state index contributed by atoms with van der Waals surface area (Å²) in [6.45, 7) is 2.12. The molecule has 1 unspecified atom stereocenters. The molecule has 0 bridgehead atoms. The molecule has 1 aromatic heterocycles. The number of aromatic nitrogens is 2. The highest BCUT2D eigenvalue weighted by Gasteiger charge is 2.10. The van der Waals surface area contributed by atoms with Crippen LogP contribution in [-0.2, 0) is 4.79 Å². The van der Waals surface area contributed by atoms with E-state index in [2.05, 4.69) is 16.9 Å². The molecule has 0 amide bonds. The zero-order valence-electron chi connectivity index (χ0n) is 7.29. The summed E-state index contributed by atoms with van der Waals surface area (Å²) in [5, 5.41) is 0. The average molecular weight is 166 g/mol. The molecule has 1 atom stereocenters. The van der Waals surface area contributed by atoms with Crippen molar-refractivity contribution in [2.75, 3.05) is 0 Å². The molecule has 0 aliphatic carbocycles. The van der Waals surface area contributed by atoms with Gasteiger partial charge in [-0.15, -0.1) is 0 Å². The van der Waals surface area contributed by atoms with Crippen LogP contribution in [-0.4, -0.2) is 16.3 Å². The first-order valence-corrected chi connectivity index (χ1v) is 4.33. The molecule has 0 saturated heterocycles. The van der Waals surface area contributed by atoms with Gasteiger partial charge in [0.05, 0.1) is 5.92 Å². The van der Waals surface area contributed by atoms with Gasteiger partial charge in [-0.25, -0.2) is 4.98 Å². The normalized spacial score (nSPS) is 12.8. The number of aromatic amines is 1. The topological polar surface area (TPSA) is 45.8 Å². The van der Waals surface area contributed by atoms with Crippen molar-refractivity contribution < 1.29 is 4.79 Å². The lowest BCUT2D eigenvalue weighted by atomic mass is 10.0. The van der Waals surface area contributed by atoms with E-state index in [-0.39, 0.29) is 5.92 Å². The third-order valence-corrected chi connectivity index (χ3v) is 1.90. The number of carbonyl (C=O) groups excluding carboxylic acids is 1. The average Bonchev–Trinajstić information content (AvgIpc) is 2.59. The van der Waals surface area contributed by atoms with Crippen molar-refractivity contribution in [2.24, 2.45) is 0 Å². The molecule has 1 heterocycles. The SMILES string of the molecule is CCCCC(C=O)c1ncc[nH]1. The number of hydrogen-bond acceptors (Lipinski definition) is 2. The van der Waals surface area contributed by atoms with Crippen LogP contribution in [0.4, 0.5) is 0 Å². The molecule has 1 N–H and O–H groups in total. The second kappa shape index (κ2) is 4.70. The van der Waals surface area contributed by atoms with Gasteiger partial charge in [0.25, 0.3) is 0 Å². The molecule has 0 radical (unpaired) electrons. The van der Waals surface area contributed by atoms with E-state index in [1.807, 2.05) is 0 Å². The van der Waals surface area contributed by atoms with Gasteiger partial charge in [-0.2, -0.15) is 0 Å². The molecule has 0 aliphatic rings. The zero-order chi connectivity index (χ0) is 8.81. The van der Waals surface area contributed by atoms with Crippen molar-refractivity contribution in [3.8, 4) is 0 Å². The highest BCUT2D eigenvalue weighted by Crippen LogP contribution is 2.15. The maximum atomic E-state index is 10.6. The summed E-state index contributed by atoms with van der Waals surface area (Å²) in [4.78, 5) is 17.7. The van der Waals surface area contributed by atoms with Gasteiger partial charge >= 0.3 is 0 Å². The number of nitrogens with one attached hydrogen (secondary N) is 1. The minimum Gasteiger partial charge on any atom is -0.348 e. The molecular formula is C9H14N2O. The largest absolute Gasteiger partial charge is 0.348 e. The fourth-order valence-corrected chi connectivity index (χ4v) is 1.17. The van der Waals surface area contributed by atoms with Crippen LogP contribution in [0.25, 0.3) is 0 Å². The molecule has 1 rings (SSSR count). The summed E-state index contributed by atoms with van der Waals surface area (Å²) in [5.41, 5.74) is 0. The van der Waals surface area contributed by atoms with E-state index in [0.29, 0.717) is 0 Å². The number of H-pyrrole nitrogens is 1. The van der Waals surface area contributed by atoms with Gasteiger partial charge in [-0.1, -0.05) is 19.8 Å². The smallest absolute Gasteiger partial charge is 0.130 e. The second-order valence-corrected chi connectivity index (χ2v) is 2.86. The van der Waals surface area contributed by atoms with Crippen LogP contribution in [0.5, 0.6) is 0 Å². The standard InChI is InChI=1S/C9H14N2O/c1-2-3-4-8(7-12)9-10-5-6-11-9/h5-8H,2-4H2,1H3,(H,10,11). The van der Waals surface area contributed by atoms with Gasteiger partial charge in [-0.3, -0.25) is 0 Å². The number of imidazole rings is 1. The van der Waals surface area contributed by atoms with Gasteiger partial charge in [0.15, 0.2) is 0 Å². The Morgan fingerprint density at radius 3 is 3.08 bits per heavy atom. The summed E-state index contributed by atoms with van der Waals surface area (Å²) < 4.78 is 0. The Bertz CT molecular complexity index is 218. The predicted octanol–water partition coefficient (Wildman–Crippen LogP) is 1.88. The maximum Gasteiger partial charge on any atom is 0.130 e. The van der Waals surface area contributed by atoms with E-state index in [9.17, 15) is 4.79 Å². The number of nitrogens with zero attached hydrogens (tertiary/aromatic N) is 1. The lowest BCUT2D eigenvalue weighted by Crippen LogP contribution is -2.02. The van der Waals surface area contributed by atoms with Crippen LogP contribution in [0.1, 0.15) is 37.9 Å². The summed E-state index contributed by atoms with van der Waals surface area (Å²) in [6, 6.07) is 0. The first-order valence-electron chi connectivity index (χ1n) is 4.33. The Morgan fingerprint density at radius 1 is 1.75 bits per heavy atom. The van der Waals surface area contributed by atoms with Gasteiger partial charge in [0.2, 0.25) is 0 Å². The van der Waals surface area contributed by atoms with Crippen molar-refractivity contribution >= 4 is 6.29 Å². The van der Waals surface area contributed by atoms with Crippen LogP contribution >= 0.6 is 0 Å². The molecule has 12 heavy (non-hydrogen) atoms. The lowest BCUT2D eigenvalue weighted by molar-refractivity contribution is -0.109. The third kappa shape index (κ3) is 2.19. The molecule has 0 aromatic carbocycles. The number of rotatable bonds is 5. The fraction of sp³-hybridized carbons (Fsp3) is 0.556. The van der Waals surface area contributed by atoms with E-state index < -0.39 is 0 Å². The minimum atomic E-state index is -0.0417. The van der Waals surface area contributed by atoms with Crippen LogP contribution < -0.4 is 0 Å². The zero-order valence-corrected chi connectivity index (χ0v) is 7.29. The second-order valence-electron chi connectivity index (χ2n) is 2.86. The maximum absolute atomic E-state index is 10.6. The Hall–Kier alpha value is -1.12.